The highest BCUT2D eigenvalue weighted by Gasteiger charge is 2.33. The van der Waals surface area contributed by atoms with Crippen LogP contribution >= 0.6 is 0 Å². The number of nitrogens with zero attached hydrogens (tertiary/aromatic N) is 1. The van der Waals surface area contributed by atoms with Gasteiger partial charge in [-0.05, 0) is 38.8 Å². The Morgan fingerprint density at radius 3 is 2.41 bits per heavy atom. The van der Waals surface area contributed by atoms with E-state index in [1.165, 1.54) is 57.8 Å². The van der Waals surface area contributed by atoms with Gasteiger partial charge in [0.25, 0.3) is 0 Å². The van der Waals surface area contributed by atoms with E-state index >= 15 is 0 Å². The summed E-state index contributed by atoms with van der Waals surface area (Å²) in [4.78, 5) is 2.51. The number of hydrogen-bond donors (Lipinski definition) is 0. The fourth-order valence-electron chi connectivity index (χ4n) is 3.76. The van der Waals surface area contributed by atoms with E-state index in [1.54, 1.807) is 0 Å². The second-order valence-corrected chi connectivity index (χ2v) is 6.17. The molecule has 0 aromatic heterocycles. The molecule has 1 fully saturated rings. The van der Waals surface area contributed by atoms with Crippen LogP contribution in [-0.4, -0.2) is 25.0 Å². The van der Waals surface area contributed by atoms with Crippen molar-refractivity contribution < 1.29 is 0 Å². The van der Waals surface area contributed by atoms with E-state index in [1.807, 2.05) is 0 Å². The van der Waals surface area contributed by atoms with Crippen molar-refractivity contribution in [3.63, 3.8) is 0 Å². The number of rotatable bonds is 8. The Labute approximate surface area is 109 Å². The summed E-state index contributed by atoms with van der Waals surface area (Å²) in [5, 5.41) is 0. The van der Waals surface area contributed by atoms with Crippen molar-refractivity contribution in [2.45, 2.75) is 77.7 Å². The Balaban J connectivity index is 2.49. The van der Waals surface area contributed by atoms with Crippen LogP contribution in [0.15, 0.2) is 0 Å². The van der Waals surface area contributed by atoms with Gasteiger partial charge >= 0.3 is 0 Å². The Kier molecular flexibility index (Phi) is 7.18. The lowest BCUT2D eigenvalue weighted by molar-refractivity contribution is 0.156. The molecular weight excluding hydrogens is 206 g/mol. The predicted octanol–water partition coefficient (Wildman–Crippen LogP) is 4.71. The molecule has 0 saturated heterocycles. The van der Waals surface area contributed by atoms with E-state index in [9.17, 15) is 0 Å². The molecule has 1 aliphatic rings. The lowest BCUT2D eigenvalue weighted by atomic mass is 9.83. The first-order valence-corrected chi connectivity index (χ1v) is 7.87. The van der Waals surface area contributed by atoms with Crippen LogP contribution in [0.25, 0.3) is 0 Å². The molecule has 102 valence electrons. The summed E-state index contributed by atoms with van der Waals surface area (Å²) in [5.74, 6) is 2.01. The van der Waals surface area contributed by atoms with Gasteiger partial charge in [-0.2, -0.15) is 0 Å². The van der Waals surface area contributed by atoms with Crippen LogP contribution in [0.5, 0.6) is 0 Å². The number of hydrogen-bond acceptors (Lipinski definition) is 1. The molecule has 0 spiro atoms. The van der Waals surface area contributed by atoms with Crippen LogP contribution in [-0.2, 0) is 0 Å². The molecule has 1 rings (SSSR count). The predicted molar refractivity (Wildman–Crippen MR) is 77.4 cm³/mol. The summed E-state index contributed by atoms with van der Waals surface area (Å²) >= 11 is 0. The van der Waals surface area contributed by atoms with Crippen molar-refractivity contribution in [1.82, 2.24) is 4.90 Å². The molecule has 1 saturated carbocycles. The van der Waals surface area contributed by atoms with Crippen molar-refractivity contribution in [3.05, 3.63) is 0 Å². The highest BCUT2D eigenvalue weighted by molar-refractivity contribution is 4.86. The molecule has 0 radical (unpaired) electrons. The molecule has 0 amide bonds. The average Bonchev–Trinajstić information content (AvgIpc) is 2.73. The molecular formula is C16H33N. The van der Waals surface area contributed by atoms with E-state index in [0.717, 1.165) is 17.9 Å². The average molecular weight is 239 g/mol. The smallest absolute Gasteiger partial charge is 0.0120 e. The Morgan fingerprint density at radius 2 is 1.82 bits per heavy atom. The highest BCUT2D eigenvalue weighted by Crippen LogP contribution is 2.39. The lowest BCUT2D eigenvalue weighted by Crippen LogP contribution is -2.37. The van der Waals surface area contributed by atoms with E-state index in [4.69, 9.17) is 0 Å². The SMILES string of the molecule is CCCCC[C@@H]([C@@H]1CCCC1CCC)N(C)C. The maximum absolute atomic E-state index is 2.51. The quantitative estimate of drug-likeness (QED) is 0.554. The van der Waals surface area contributed by atoms with Crippen molar-refractivity contribution >= 4 is 0 Å². The van der Waals surface area contributed by atoms with Crippen LogP contribution in [0, 0.1) is 11.8 Å². The van der Waals surface area contributed by atoms with E-state index in [2.05, 4.69) is 32.8 Å². The summed E-state index contributed by atoms with van der Waals surface area (Å²) in [6, 6.07) is 0.848. The standard InChI is InChI=1S/C16H33N/c1-5-7-8-13-16(17(3)4)15-12-9-11-14(15)10-6-2/h14-16H,5-13H2,1-4H3/t14?,15-,16+/m1/s1. The van der Waals surface area contributed by atoms with Gasteiger partial charge < -0.3 is 4.90 Å². The summed E-state index contributed by atoms with van der Waals surface area (Å²) in [6.45, 7) is 4.65. The minimum Gasteiger partial charge on any atom is -0.306 e. The summed E-state index contributed by atoms with van der Waals surface area (Å²) in [6.07, 6.45) is 12.9. The third-order valence-electron chi connectivity index (χ3n) is 4.64. The van der Waals surface area contributed by atoms with Crippen LogP contribution in [0.4, 0.5) is 0 Å². The van der Waals surface area contributed by atoms with Gasteiger partial charge in [0, 0.05) is 6.04 Å². The summed E-state index contributed by atoms with van der Waals surface area (Å²) < 4.78 is 0. The summed E-state index contributed by atoms with van der Waals surface area (Å²) in [7, 11) is 4.58. The second kappa shape index (κ2) is 8.13. The molecule has 1 heteroatoms. The maximum atomic E-state index is 2.51. The first-order chi connectivity index (χ1) is 8.20. The third-order valence-corrected chi connectivity index (χ3v) is 4.64. The molecule has 1 aliphatic carbocycles. The lowest BCUT2D eigenvalue weighted by Gasteiger charge is -2.34. The minimum atomic E-state index is 0.848. The van der Waals surface area contributed by atoms with Gasteiger partial charge in [0.2, 0.25) is 0 Å². The van der Waals surface area contributed by atoms with Gasteiger partial charge in [0.15, 0.2) is 0 Å². The number of unbranched alkanes of at least 4 members (excludes halogenated alkanes) is 2. The normalized spacial score (nSPS) is 26.6. The zero-order valence-electron chi connectivity index (χ0n) is 12.5. The molecule has 0 heterocycles. The molecule has 0 aromatic carbocycles. The molecule has 17 heavy (non-hydrogen) atoms. The first-order valence-electron chi connectivity index (χ1n) is 7.87. The highest BCUT2D eigenvalue weighted by atomic mass is 15.1. The topological polar surface area (TPSA) is 3.24 Å². The van der Waals surface area contributed by atoms with Crippen molar-refractivity contribution in [3.8, 4) is 0 Å². The fourth-order valence-corrected chi connectivity index (χ4v) is 3.76. The van der Waals surface area contributed by atoms with Gasteiger partial charge in [0.1, 0.15) is 0 Å². The molecule has 0 aliphatic heterocycles. The van der Waals surface area contributed by atoms with E-state index in [0.29, 0.717) is 0 Å². The van der Waals surface area contributed by atoms with Crippen LogP contribution in [0.3, 0.4) is 0 Å². The fraction of sp³-hybridized carbons (Fsp3) is 1.00. The molecule has 0 bridgehead atoms. The van der Waals surface area contributed by atoms with Gasteiger partial charge in [-0.15, -0.1) is 0 Å². The van der Waals surface area contributed by atoms with Crippen molar-refractivity contribution in [2.75, 3.05) is 14.1 Å². The zero-order chi connectivity index (χ0) is 12.7. The third kappa shape index (κ3) is 4.62. The van der Waals surface area contributed by atoms with E-state index in [-0.39, 0.29) is 0 Å². The van der Waals surface area contributed by atoms with Gasteiger partial charge in [-0.1, -0.05) is 58.8 Å². The Morgan fingerprint density at radius 1 is 1.06 bits per heavy atom. The second-order valence-electron chi connectivity index (χ2n) is 6.17. The van der Waals surface area contributed by atoms with E-state index < -0.39 is 0 Å². The zero-order valence-corrected chi connectivity index (χ0v) is 12.5. The van der Waals surface area contributed by atoms with Crippen LogP contribution in [0.1, 0.15) is 71.6 Å². The molecule has 0 aromatic rings. The molecule has 0 N–H and O–H groups in total. The molecule has 3 atom stereocenters. The van der Waals surface area contributed by atoms with Crippen molar-refractivity contribution in [2.24, 2.45) is 11.8 Å². The van der Waals surface area contributed by atoms with Crippen LogP contribution in [0.2, 0.25) is 0 Å². The van der Waals surface area contributed by atoms with Gasteiger partial charge in [0.05, 0.1) is 0 Å². The van der Waals surface area contributed by atoms with Crippen LogP contribution < -0.4 is 0 Å². The minimum absolute atomic E-state index is 0.848. The van der Waals surface area contributed by atoms with Gasteiger partial charge in [-0.3, -0.25) is 0 Å². The van der Waals surface area contributed by atoms with Gasteiger partial charge in [-0.25, -0.2) is 0 Å². The summed E-state index contributed by atoms with van der Waals surface area (Å²) in [5.41, 5.74) is 0. The Hall–Kier alpha value is -0.0400. The largest absolute Gasteiger partial charge is 0.306 e. The monoisotopic (exact) mass is 239 g/mol. The molecule has 1 unspecified atom stereocenters. The molecule has 1 nitrogen and oxygen atoms in total. The maximum Gasteiger partial charge on any atom is 0.0120 e. The first kappa shape index (κ1) is 15.0. The van der Waals surface area contributed by atoms with Crippen molar-refractivity contribution in [1.29, 1.82) is 0 Å². The Bertz CT molecular complexity index is 188.